The van der Waals surface area contributed by atoms with Crippen molar-refractivity contribution >= 4 is 15.9 Å². The average Bonchev–Trinajstić information content (AvgIpc) is 2.99. The van der Waals surface area contributed by atoms with E-state index in [1.807, 2.05) is 19.1 Å². The molecule has 9 heteroatoms. The fourth-order valence-corrected chi connectivity index (χ4v) is 4.13. The number of carbonyl (C=O) groups excluding carboxylic acids is 1. The third kappa shape index (κ3) is 2.80. The van der Waals surface area contributed by atoms with E-state index in [2.05, 4.69) is 15.5 Å². The van der Waals surface area contributed by atoms with Crippen LogP contribution in [-0.2, 0) is 29.5 Å². The molecule has 0 radical (unpaired) electrons. The monoisotopic (exact) mass is 349 g/mol. The van der Waals surface area contributed by atoms with E-state index in [1.165, 1.54) is 11.4 Å². The highest BCUT2D eigenvalue weighted by atomic mass is 32.2. The smallest absolute Gasteiger partial charge is 0.289 e. The molecule has 128 valence electrons. The highest BCUT2D eigenvalue weighted by molar-refractivity contribution is 7.89. The number of hydrogen-bond acceptors (Lipinski definition) is 5. The molecule has 3 rings (SSSR count). The molecule has 1 aliphatic rings. The first kappa shape index (κ1) is 16.6. The molecule has 0 atom stereocenters. The maximum absolute atomic E-state index is 12.9. The summed E-state index contributed by atoms with van der Waals surface area (Å²) in [7, 11) is -2.14. The summed E-state index contributed by atoms with van der Waals surface area (Å²) < 4.78 is 28.6. The number of nitrogens with one attached hydrogen (secondary N) is 1. The lowest BCUT2D eigenvalue weighted by molar-refractivity contribution is 0.0920. The van der Waals surface area contributed by atoms with Gasteiger partial charge in [0.1, 0.15) is 5.82 Å². The third-order valence-electron chi connectivity index (χ3n) is 4.06. The van der Waals surface area contributed by atoms with Gasteiger partial charge in [0, 0.05) is 20.1 Å². The molecule has 0 fully saturated rings. The molecule has 0 spiro atoms. The Kier molecular flexibility index (Phi) is 4.37. The van der Waals surface area contributed by atoms with Crippen LogP contribution in [0.2, 0.25) is 0 Å². The van der Waals surface area contributed by atoms with Crippen molar-refractivity contribution in [2.45, 2.75) is 31.3 Å². The molecule has 0 aliphatic carbocycles. The van der Waals surface area contributed by atoms with Crippen LogP contribution in [-0.4, -0.2) is 47.0 Å². The molecule has 1 aromatic carbocycles. The minimum absolute atomic E-state index is 0.0562. The summed E-state index contributed by atoms with van der Waals surface area (Å²) in [5.74, 6) is 0.387. The maximum atomic E-state index is 12.9. The predicted octanol–water partition coefficient (Wildman–Crippen LogP) is 0.405. The van der Waals surface area contributed by atoms with Gasteiger partial charge in [-0.1, -0.05) is 25.1 Å². The highest BCUT2D eigenvalue weighted by Gasteiger charge is 2.27. The van der Waals surface area contributed by atoms with Crippen molar-refractivity contribution < 1.29 is 13.2 Å². The Bertz CT molecular complexity index is 875. The van der Waals surface area contributed by atoms with Crippen molar-refractivity contribution in [3.8, 4) is 0 Å². The largest absolute Gasteiger partial charge is 0.348 e. The molecule has 0 bridgehead atoms. The number of nitrogens with zero attached hydrogens (tertiary/aromatic N) is 4. The van der Waals surface area contributed by atoms with Crippen LogP contribution in [0.3, 0.4) is 0 Å². The summed E-state index contributed by atoms with van der Waals surface area (Å²) in [6, 6.07) is 6.95. The van der Waals surface area contributed by atoms with E-state index in [1.54, 1.807) is 16.7 Å². The van der Waals surface area contributed by atoms with Gasteiger partial charge in [0.25, 0.3) is 5.91 Å². The molecular weight excluding hydrogens is 330 g/mol. The number of sulfonamides is 1. The fraction of sp³-hybridized carbons (Fsp3) is 0.400. The molecule has 1 amide bonds. The number of rotatable bonds is 5. The third-order valence-corrected chi connectivity index (χ3v) is 5.96. The van der Waals surface area contributed by atoms with Gasteiger partial charge in [-0.15, -0.1) is 10.2 Å². The number of amides is 1. The Balaban J connectivity index is 1.90. The van der Waals surface area contributed by atoms with E-state index in [0.29, 0.717) is 30.2 Å². The minimum Gasteiger partial charge on any atom is -0.348 e. The minimum atomic E-state index is -3.65. The van der Waals surface area contributed by atoms with Gasteiger partial charge in [-0.3, -0.25) is 4.79 Å². The van der Waals surface area contributed by atoms with Crippen LogP contribution in [0.1, 0.15) is 28.9 Å². The number of benzene rings is 1. The second-order valence-corrected chi connectivity index (χ2v) is 7.58. The molecule has 1 aromatic heterocycles. The van der Waals surface area contributed by atoms with Crippen LogP contribution in [0, 0.1) is 0 Å². The summed E-state index contributed by atoms with van der Waals surface area (Å²) in [4.78, 5) is 12.0. The first-order chi connectivity index (χ1) is 11.4. The quantitative estimate of drug-likeness (QED) is 0.843. The molecule has 1 aliphatic heterocycles. The van der Waals surface area contributed by atoms with Crippen molar-refractivity contribution in [2.24, 2.45) is 0 Å². The van der Waals surface area contributed by atoms with Gasteiger partial charge in [0.2, 0.25) is 15.8 Å². The molecule has 8 nitrogen and oxygen atoms in total. The fourth-order valence-electron chi connectivity index (χ4n) is 2.72. The Hall–Kier alpha value is -2.26. The summed E-state index contributed by atoms with van der Waals surface area (Å²) in [6.45, 7) is 2.98. The van der Waals surface area contributed by atoms with Gasteiger partial charge in [-0.25, -0.2) is 8.42 Å². The Morgan fingerprint density at radius 3 is 2.79 bits per heavy atom. The first-order valence-corrected chi connectivity index (χ1v) is 9.13. The topological polar surface area (TPSA) is 97.2 Å². The van der Waals surface area contributed by atoms with Crippen molar-refractivity contribution in [1.82, 2.24) is 24.4 Å². The molecule has 24 heavy (non-hydrogen) atoms. The van der Waals surface area contributed by atoms with E-state index in [-0.39, 0.29) is 18.3 Å². The SMILES string of the molecule is CCc1ccccc1S(=O)(=O)N(C)Cc1nnc2n1CCNC2=O. The van der Waals surface area contributed by atoms with Gasteiger partial charge in [0.15, 0.2) is 0 Å². The highest BCUT2D eigenvalue weighted by Crippen LogP contribution is 2.21. The average molecular weight is 349 g/mol. The number of aromatic nitrogens is 3. The first-order valence-electron chi connectivity index (χ1n) is 7.69. The Labute approximate surface area is 140 Å². The van der Waals surface area contributed by atoms with Crippen molar-refractivity contribution in [3.05, 3.63) is 41.5 Å². The standard InChI is InChI=1S/C15H19N5O3S/c1-3-11-6-4-5-7-12(11)24(22,23)19(2)10-13-17-18-14-15(21)16-8-9-20(13)14/h4-7H,3,8-10H2,1-2H3,(H,16,21). The summed E-state index contributed by atoms with van der Waals surface area (Å²) >= 11 is 0. The number of fused-ring (bicyclic) bond motifs is 1. The number of aryl methyl sites for hydroxylation is 1. The van der Waals surface area contributed by atoms with Gasteiger partial charge >= 0.3 is 0 Å². The lowest BCUT2D eigenvalue weighted by Crippen LogP contribution is -2.37. The summed E-state index contributed by atoms with van der Waals surface area (Å²) in [6.07, 6.45) is 0.629. The van der Waals surface area contributed by atoms with Crippen LogP contribution in [0.5, 0.6) is 0 Å². The zero-order valence-electron chi connectivity index (χ0n) is 13.6. The lowest BCUT2D eigenvalue weighted by Gasteiger charge is -2.20. The van der Waals surface area contributed by atoms with Crippen molar-refractivity contribution in [1.29, 1.82) is 0 Å². The normalized spacial score (nSPS) is 14.5. The van der Waals surface area contributed by atoms with E-state index < -0.39 is 10.0 Å². The second kappa shape index (κ2) is 6.33. The molecule has 0 unspecified atom stereocenters. The second-order valence-electron chi connectivity index (χ2n) is 5.57. The van der Waals surface area contributed by atoms with E-state index in [9.17, 15) is 13.2 Å². The maximum Gasteiger partial charge on any atom is 0.289 e. The van der Waals surface area contributed by atoms with Gasteiger partial charge in [0.05, 0.1) is 11.4 Å². The zero-order chi connectivity index (χ0) is 17.3. The van der Waals surface area contributed by atoms with Crippen LogP contribution in [0.15, 0.2) is 29.2 Å². The molecule has 1 N–H and O–H groups in total. The van der Waals surface area contributed by atoms with Crippen LogP contribution in [0.25, 0.3) is 0 Å². The molecule has 2 aromatic rings. The van der Waals surface area contributed by atoms with Crippen LogP contribution >= 0.6 is 0 Å². The summed E-state index contributed by atoms with van der Waals surface area (Å²) in [5.41, 5.74) is 0.770. The molecular formula is C15H19N5O3S. The van der Waals surface area contributed by atoms with Gasteiger partial charge in [-0.05, 0) is 18.1 Å². The van der Waals surface area contributed by atoms with E-state index in [4.69, 9.17) is 0 Å². The summed E-state index contributed by atoms with van der Waals surface area (Å²) in [5, 5.41) is 10.5. The predicted molar refractivity (Wildman–Crippen MR) is 86.8 cm³/mol. The van der Waals surface area contributed by atoms with Gasteiger partial charge < -0.3 is 9.88 Å². The van der Waals surface area contributed by atoms with E-state index >= 15 is 0 Å². The number of carbonyl (C=O) groups is 1. The lowest BCUT2D eigenvalue weighted by atomic mass is 10.2. The molecule has 0 saturated carbocycles. The Morgan fingerprint density at radius 1 is 1.29 bits per heavy atom. The van der Waals surface area contributed by atoms with Crippen molar-refractivity contribution in [3.63, 3.8) is 0 Å². The Morgan fingerprint density at radius 2 is 2.04 bits per heavy atom. The molecule has 0 saturated heterocycles. The number of hydrogen-bond donors (Lipinski definition) is 1. The van der Waals surface area contributed by atoms with Gasteiger partial charge in [-0.2, -0.15) is 4.31 Å². The van der Waals surface area contributed by atoms with Crippen LogP contribution < -0.4 is 5.32 Å². The van der Waals surface area contributed by atoms with E-state index in [0.717, 1.165) is 5.56 Å². The van der Waals surface area contributed by atoms with Crippen LogP contribution in [0.4, 0.5) is 0 Å². The molecule has 2 heterocycles. The zero-order valence-corrected chi connectivity index (χ0v) is 14.4. The van der Waals surface area contributed by atoms with Crippen molar-refractivity contribution in [2.75, 3.05) is 13.6 Å².